The average Bonchev–Trinajstić information content (AvgIpc) is 3.63. The lowest BCUT2D eigenvalue weighted by molar-refractivity contribution is -0.192. The zero-order chi connectivity index (χ0) is 31.6. The molecule has 0 radical (unpaired) electrons. The van der Waals surface area contributed by atoms with Crippen molar-refractivity contribution in [2.45, 2.75) is 37.6 Å². The van der Waals surface area contributed by atoms with Crippen LogP contribution in [0.3, 0.4) is 0 Å². The van der Waals surface area contributed by atoms with Crippen LogP contribution in [0.5, 0.6) is 0 Å². The van der Waals surface area contributed by atoms with E-state index < -0.39 is 12.1 Å². The highest BCUT2D eigenvalue weighted by atomic mass is 19.4. The molecular weight excluding hydrogens is 583 g/mol. The molecular formula is C29H28F3N7O5. The van der Waals surface area contributed by atoms with E-state index in [4.69, 9.17) is 19.7 Å². The number of hydrogen-bond acceptors (Lipinski definition) is 9. The summed E-state index contributed by atoms with van der Waals surface area (Å²) in [6, 6.07) is 11.7. The molecule has 0 spiro atoms. The number of amides is 1. The number of carbonyl (C=O) groups excluding carboxylic acids is 2. The Morgan fingerprint density at radius 3 is 2.50 bits per heavy atom. The van der Waals surface area contributed by atoms with Crippen LogP contribution in [0.4, 0.5) is 30.4 Å². The number of ether oxygens (including phenoxy) is 1. The lowest BCUT2D eigenvalue weighted by Gasteiger charge is -2.35. The normalized spacial score (nSPS) is 17.2. The Bertz CT molecular complexity index is 1710. The first-order valence-corrected chi connectivity index (χ1v) is 13.6. The minimum atomic E-state index is -5.08. The zero-order valence-corrected chi connectivity index (χ0v) is 23.6. The quantitative estimate of drug-likeness (QED) is 0.263. The third-order valence-corrected chi connectivity index (χ3v) is 7.53. The number of nitrogens with one attached hydrogen (secondary N) is 2. The van der Waals surface area contributed by atoms with E-state index in [-0.39, 0.29) is 18.1 Å². The van der Waals surface area contributed by atoms with Gasteiger partial charge in [0.05, 0.1) is 29.7 Å². The predicted octanol–water partition coefficient (Wildman–Crippen LogP) is 3.88. The molecule has 44 heavy (non-hydrogen) atoms. The van der Waals surface area contributed by atoms with Crippen molar-refractivity contribution >= 4 is 41.0 Å². The average molecular weight is 612 g/mol. The summed E-state index contributed by atoms with van der Waals surface area (Å²) in [7, 11) is 3.50. The molecule has 4 heterocycles. The summed E-state index contributed by atoms with van der Waals surface area (Å²) >= 11 is 0. The standard InChI is InChI=1S/C27H27N7O3.C2HF3O2/c1-28-21-12-25(32-34-23(14-30-26(21)34)27(36)31-20-8-9-24(20)37-2)33-11-10-18-17(4-3-5-22(18)33)19-7-6-16(15-35)13-29-19;3-2(4,5)1(6)7/h3-7,12-15,20,24,28H,8-11H2,1-2H3,(H,31,36);(H,6,7)/t20-,24-;/m1./s1. The molecule has 1 amide bonds. The van der Waals surface area contributed by atoms with E-state index in [0.717, 1.165) is 54.7 Å². The van der Waals surface area contributed by atoms with Gasteiger partial charge in [0.25, 0.3) is 5.91 Å². The summed E-state index contributed by atoms with van der Waals surface area (Å²) in [4.78, 5) is 44.2. The van der Waals surface area contributed by atoms with Gasteiger partial charge >= 0.3 is 12.1 Å². The second kappa shape index (κ2) is 12.3. The fraction of sp³-hybridized carbons (Fsp3) is 0.310. The van der Waals surface area contributed by atoms with Crippen LogP contribution in [0.15, 0.2) is 48.8 Å². The number of imidazole rings is 1. The van der Waals surface area contributed by atoms with Crippen LogP contribution in [-0.2, 0) is 16.0 Å². The van der Waals surface area contributed by atoms with E-state index in [2.05, 4.69) is 31.6 Å². The first-order chi connectivity index (χ1) is 21.0. The summed E-state index contributed by atoms with van der Waals surface area (Å²) in [5.74, 6) is -2.27. The maximum atomic E-state index is 13.1. The minimum Gasteiger partial charge on any atom is -0.475 e. The van der Waals surface area contributed by atoms with Crippen molar-refractivity contribution in [2.24, 2.45) is 0 Å². The van der Waals surface area contributed by atoms with Crippen LogP contribution < -0.4 is 15.5 Å². The Labute approximate surface area is 248 Å². The van der Waals surface area contributed by atoms with Crippen LogP contribution in [0.1, 0.15) is 39.3 Å². The van der Waals surface area contributed by atoms with Crippen LogP contribution in [-0.4, -0.2) is 81.9 Å². The van der Waals surface area contributed by atoms with Gasteiger partial charge in [0.15, 0.2) is 23.4 Å². The number of carbonyl (C=O) groups is 3. The number of alkyl halides is 3. The number of hydrogen-bond donors (Lipinski definition) is 3. The van der Waals surface area contributed by atoms with Gasteiger partial charge in [-0.2, -0.15) is 13.2 Å². The largest absolute Gasteiger partial charge is 0.490 e. The lowest BCUT2D eigenvalue weighted by atomic mass is 9.89. The van der Waals surface area contributed by atoms with Gasteiger partial charge in [-0.1, -0.05) is 12.1 Å². The molecule has 12 nitrogen and oxygen atoms in total. The summed E-state index contributed by atoms with van der Waals surface area (Å²) in [6.07, 6.45) is 1.55. The topological polar surface area (TPSA) is 151 Å². The number of aldehydes is 1. The van der Waals surface area contributed by atoms with E-state index in [9.17, 15) is 22.8 Å². The fourth-order valence-corrected chi connectivity index (χ4v) is 5.13. The van der Waals surface area contributed by atoms with Crippen molar-refractivity contribution < 1.29 is 37.4 Å². The van der Waals surface area contributed by atoms with E-state index in [0.29, 0.717) is 22.7 Å². The number of pyridine rings is 1. The Morgan fingerprint density at radius 2 is 1.91 bits per heavy atom. The van der Waals surface area contributed by atoms with Gasteiger partial charge in [-0.25, -0.2) is 14.3 Å². The van der Waals surface area contributed by atoms with E-state index >= 15 is 0 Å². The maximum absolute atomic E-state index is 13.1. The number of halogens is 3. The highest BCUT2D eigenvalue weighted by Gasteiger charge is 2.38. The van der Waals surface area contributed by atoms with E-state index in [1.165, 1.54) is 5.56 Å². The number of carboxylic acid groups (broad SMARTS) is 1. The van der Waals surface area contributed by atoms with Crippen molar-refractivity contribution in [2.75, 3.05) is 30.9 Å². The monoisotopic (exact) mass is 611 g/mol. The van der Waals surface area contributed by atoms with Gasteiger partial charge in [-0.3, -0.25) is 14.6 Å². The lowest BCUT2D eigenvalue weighted by Crippen LogP contribution is -2.51. The zero-order valence-electron chi connectivity index (χ0n) is 23.6. The van der Waals surface area contributed by atoms with Crippen LogP contribution in [0.2, 0.25) is 0 Å². The Balaban J connectivity index is 0.000000493. The molecule has 4 aromatic rings. The maximum Gasteiger partial charge on any atom is 0.490 e. The molecule has 230 valence electrons. The molecule has 2 atom stereocenters. The highest BCUT2D eigenvalue weighted by Crippen LogP contribution is 2.39. The Morgan fingerprint density at radius 1 is 1.14 bits per heavy atom. The third-order valence-electron chi connectivity index (χ3n) is 7.53. The van der Waals surface area contributed by atoms with Crippen molar-refractivity contribution in [3.8, 4) is 11.3 Å². The summed E-state index contributed by atoms with van der Waals surface area (Å²) in [5.41, 5.74) is 6.34. The molecule has 3 N–H and O–H groups in total. The van der Waals surface area contributed by atoms with Crippen LogP contribution >= 0.6 is 0 Å². The number of rotatable bonds is 7. The molecule has 1 fully saturated rings. The predicted molar refractivity (Wildman–Crippen MR) is 153 cm³/mol. The molecule has 6 rings (SSSR count). The molecule has 1 saturated carbocycles. The van der Waals surface area contributed by atoms with Gasteiger partial charge in [-0.15, -0.1) is 5.10 Å². The van der Waals surface area contributed by atoms with Gasteiger partial charge in [0.2, 0.25) is 0 Å². The van der Waals surface area contributed by atoms with Crippen LogP contribution in [0, 0.1) is 0 Å². The number of aromatic nitrogens is 4. The molecule has 0 unspecified atom stereocenters. The van der Waals surface area contributed by atoms with Gasteiger partial charge < -0.3 is 25.4 Å². The number of methoxy groups -OCH3 is 1. The van der Waals surface area contributed by atoms with E-state index in [1.54, 1.807) is 30.1 Å². The van der Waals surface area contributed by atoms with Crippen molar-refractivity contribution in [1.29, 1.82) is 0 Å². The second-order valence-electron chi connectivity index (χ2n) is 10.1. The fourth-order valence-electron chi connectivity index (χ4n) is 5.13. The summed E-state index contributed by atoms with van der Waals surface area (Å²) < 4.78 is 38.8. The summed E-state index contributed by atoms with van der Waals surface area (Å²) in [5, 5.41) is 18.2. The summed E-state index contributed by atoms with van der Waals surface area (Å²) in [6.45, 7) is 0.730. The molecule has 1 aliphatic heterocycles. The molecule has 2 aliphatic rings. The number of benzene rings is 1. The Kier molecular flexibility index (Phi) is 8.49. The van der Waals surface area contributed by atoms with Crippen molar-refractivity contribution in [3.05, 3.63) is 65.6 Å². The number of nitrogens with zero attached hydrogens (tertiary/aromatic N) is 5. The van der Waals surface area contributed by atoms with Gasteiger partial charge in [0, 0.05) is 49.8 Å². The Hall–Kier alpha value is -5.05. The van der Waals surface area contributed by atoms with Gasteiger partial charge in [0.1, 0.15) is 0 Å². The van der Waals surface area contributed by atoms with E-state index in [1.807, 2.05) is 31.3 Å². The van der Waals surface area contributed by atoms with Crippen molar-refractivity contribution in [1.82, 2.24) is 24.9 Å². The molecule has 1 aromatic carbocycles. The second-order valence-corrected chi connectivity index (χ2v) is 10.1. The molecule has 0 bridgehead atoms. The number of carboxylic acids is 1. The SMILES string of the molecule is CNc1cc(N2CCc3c(-c4ccc(C=O)cn4)cccc32)nn2c(C(=O)N[C@@H]3CC[C@H]3OC)cnc12.O=C(O)C(F)(F)F. The number of anilines is 3. The van der Waals surface area contributed by atoms with Crippen molar-refractivity contribution in [3.63, 3.8) is 0 Å². The van der Waals surface area contributed by atoms with Crippen LogP contribution in [0.25, 0.3) is 16.9 Å². The first-order valence-electron chi connectivity index (χ1n) is 13.6. The molecule has 0 saturated heterocycles. The molecule has 15 heteroatoms. The smallest absolute Gasteiger partial charge is 0.475 e. The number of aliphatic carboxylic acids is 1. The molecule has 3 aromatic heterocycles. The minimum absolute atomic E-state index is 0.00640. The van der Waals surface area contributed by atoms with Gasteiger partial charge in [-0.05, 0) is 43.0 Å². The first kappa shape index (κ1) is 30.4. The molecule has 1 aliphatic carbocycles. The highest BCUT2D eigenvalue weighted by molar-refractivity contribution is 5.94. The number of fused-ring (bicyclic) bond motifs is 2. The third kappa shape index (κ3) is 5.90.